The summed E-state index contributed by atoms with van der Waals surface area (Å²) < 4.78 is 13.1. The normalized spacial score (nSPS) is 10.7. The summed E-state index contributed by atoms with van der Waals surface area (Å²) in [6.45, 7) is 0.676. The number of aromatic nitrogens is 2. The quantitative estimate of drug-likeness (QED) is 0.528. The van der Waals surface area contributed by atoms with Crippen molar-refractivity contribution in [3.05, 3.63) is 72.2 Å². The van der Waals surface area contributed by atoms with Gasteiger partial charge in [-0.05, 0) is 35.4 Å². The number of benzene rings is 2. The highest BCUT2D eigenvalue weighted by molar-refractivity contribution is 7.99. The SMILES string of the molecule is NC(=O)CCN(Cc1ccccc1)C(=O)CSc1ncc(-c2ccc(F)cc2)[nH]1. The summed E-state index contributed by atoms with van der Waals surface area (Å²) >= 11 is 1.27. The van der Waals surface area contributed by atoms with Gasteiger partial charge in [0.1, 0.15) is 5.82 Å². The molecule has 1 aromatic heterocycles. The van der Waals surface area contributed by atoms with Crippen LogP contribution in [-0.4, -0.2) is 39.0 Å². The monoisotopic (exact) mass is 412 g/mol. The second-order valence-electron chi connectivity index (χ2n) is 6.41. The lowest BCUT2D eigenvalue weighted by atomic mass is 10.2. The maximum absolute atomic E-state index is 13.1. The lowest BCUT2D eigenvalue weighted by Gasteiger charge is -2.22. The standard InChI is InChI=1S/C21H21FN4O2S/c22-17-8-6-16(7-9-17)18-12-24-21(25-18)29-14-20(28)26(11-10-19(23)27)13-15-4-2-1-3-5-15/h1-9,12H,10-11,13-14H2,(H2,23,27)(H,24,25). The number of carbonyl (C=O) groups excluding carboxylic acids is 2. The highest BCUT2D eigenvalue weighted by Crippen LogP contribution is 2.22. The average Bonchev–Trinajstić information content (AvgIpc) is 3.19. The Bertz CT molecular complexity index is 960. The minimum Gasteiger partial charge on any atom is -0.370 e. The molecule has 0 unspecified atom stereocenters. The summed E-state index contributed by atoms with van der Waals surface area (Å²) in [4.78, 5) is 32.9. The molecule has 1 heterocycles. The number of hydrogen-bond acceptors (Lipinski definition) is 4. The van der Waals surface area contributed by atoms with Crippen molar-refractivity contribution < 1.29 is 14.0 Å². The Hall–Kier alpha value is -3.13. The minimum atomic E-state index is -0.446. The van der Waals surface area contributed by atoms with Gasteiger partial charge in [0, 0.05) is 19.5 Å². The molecule has 3 N–H and O–H groups in total. The largest absolute Gasteiger partial charge is 0.370 e. The van der Waals surface area contributed by atoms with E-state index < -0.39 is 5.91 Å². The lowest BCUT2D eigenvalue weighted by Crippen LogP contribution is -2.34. The molecule has 0 aliphatic heterocycles. The highest BCUT2D eigenvalue weighted by Gasteiger charge is 2.16. The van der Waals surface area contributed by atoms with Gasteiger partial charge in [0.2, 0.25) is 11.8 Å². The fraction of sp³-hybridized carbons (Fsp3) is 0.190. The van der Waals surface area contributed by atoms with E-state index in [1.54, 1.807) is 23.2 Å². The zero-order valence-corrected chi connectivity index (χ0v) is 16.5. The Kier molecular flexibility index (Phi) is 7.02. The van der Waals surface area contributed by atoms with Crippen LogP contribution in [0.1, 0.15) is 12.0 Å². The van der Waals surface area contributed by atoms with Crippen molar-refractivity contribution in [2.45, 2.75) is 18.1 Å². The number of primary amides is 1. The van der Waals surface area contributed by atoms with E-state index in [9.17, 15) is 14.0 Å². The summed E-state index contributed by atoms with van der Waals surface area (Å²) in [5, 5.41) is 0.590. The third-order valence-electron chi connectivity index (χ3n) is 4.24. The van der Waals surface area contributed by atoms with Crippen LogP contribution in [0.5, 0.6) is 0 Å². The van der Waals surface area contributed by atoms with Crippen molar-refractivity contribution in [1.82, 2.24) is 14.9 Å². The maximum Gasteiger partial charge on any atom is 0.233 e. The summed E-state index contributed by atoms with van der Waals surface area (Å²) in [7, 11) is 0. The molecule has 8 heteroatoms. The number of nitrogens with one attached hydrogen (secondary N) is 1. The molecule has 6 nitrogen and oxygen atoms in total. The van der Waals surface area contributed by atoms with Crippen molar-refractivity contribution in [1.29, 1.82) is 0 Å². The molecule has 2 amide bonds. The fourth-order valence-corrected chi connectivity index (χ4v) is 3.47. The Balaban J connectivity index is 1.61. The number of thioether (sulfide) groups is 1. The molecule has 0 atom stereocenters. The van der Waals surface area contributed by atoms with E-state index in [0.717, 1.165) is 16.8 Å². The second kappa shape index (κ2) is 9.88. The van der Waals surface area contributed by atoms with Gasteiger partial charge in [-0.3, -0.25) is 9.59 Å². The zero-order valence-electron chi connectivity index (χ0n) is 15.7. The van der Waals surface area contributed by atoms with Crippen LogP contribution in [0.15, 0.2) is 66.0 Å². The molecule has 0 fully saturated rings. The van der Waals surface area contributed by atoms with Crippen LogP contribution >= 0.6 is 11.8 Å². The number of imidazole rings is 1. The summed E-state index contributed by atoms with van der Waals surface area (Å²) in [5.74, 6) is -0.691. The van der Waals surface area contributed by atoms with E-state index in [2.05, 4.69) is 9.97 Å². The molecule has 0 aliphatic rings. The first-order chi connectivity index (χ1) is 14.0. The van der Waals surface area contributed by atoms with Gasteiger partial charge >= 0.3 is 0 Å². The predicted octanol–water partition coefficient (Wildman–Crippen LogP) is 3.21. The van der Waals surface area contributed by atoms with Crippen LogP contribution < -0.4 is 5.73 Å². The zero-order chi connectivity index (χ0) is 20.6. The number of nitrogens with two attached hydrogens (primary N) is 1. The third-order valence-corrected chi connectivity index (χ3v) is 5.11. The number of amides is 2. The molecular formula is C21H21FN4O2S. The molecule has 0 saturated carbocycles. The molecule has 0 radical (unpaired) electrons. The first-order valence-corrected chi connectivity index (χ1v) is 10.0. The summed E-state index contributed by atoms with van der Waals surface area (Å²) in [6.07, 6.45) is 1.76. The van der Waals surface area contributed by atoms with Crippen molar-refractivity contribution in [2.24, 2.45) is 5.73 Å². The van der Waals surface area contributed by atoms with E-state index >= 15 is 0 Å². The molecule has 2 aromatic carbocycles. The summed E-state index contributed by atoms with van der Waals surface area (Å²) in [6, 6.07) is 15.7. The molecule has 0 bridgehead atoms. The maximum atomic E-state index is 13.1. The molecule has 0 saturated heterocycles. The van der Waals surface area contributed by atoms with Crippen LogP contribution in [0.2, 0.25) is 0 Å². The molecule has 150 valence electrons. The number of hydrogen-bond donors (Lipinski definition) is 2. The molecule has 0 spiro atoms. The first kappa shape index (κ1) is 20.6. The van der Waals surface area contributed by atoms with Crippen LogP contribution in [0.25, 0.3) is 11.3 Å². The van der Waals surface area contributed by atoms with Crippen LogP contribution in [-0.2, 0) is 16.1 Å². The molecule has 0 aliphatic carbocycles. The van der Waals surface area contributed by atoms with Gasteiger partial charge in [-0.25, -0.2) is 9.37 Å². The number of rotatable bonds is 9. The topological polar surface area (TPSA) is 92.1 Å². The van der Waals surface area contributed by atoms with Crippen molar-refractivity contribution in [3.63, 3.8) is 0 Å². The van der Waals surface area contributed by atoms with Gasteiger partial charge in [0.25, 0.3) is 0 Å². The Morgan fingerprint density at radius 1 is 1.10 bits per heavy atom. The number of nitrogens with zero attached hydrogens (tertiary/aromatic N) is 2. The number of halogens is 1. The molecular weight excluding hydrogens is 391 g/mol. The highest BCUT2D eigenvalue weighted by atomic mass is 32.2. The molecule has 3 aromatic rings. The predicted molar refractivity (Wildman–Crippen MR) is 110 cm³/mol. The van der Waals surface area contributed by atoms with Gasteiger partial charge in [-0.15, -0.1) is 0 Å². The smallest absolute Gasteiger partial charge is 0.233 e. The van der Waals surface area contributed by atoms with Gasteiger partial charge < -0.3 is 15.6 Å². The van der Waals surface area contributed by atoms with Gasteiger partial charge in [0.15, 0.2) is 5.16 Å². The van der Waals surface area contributed by atoms with Crippen molar-refractivity contribution in [2.75, 3.05) is 12.3 Å². The van der Waals surface area contributed by atoms with Gasteiger partial charge in [0.05, 0.1) is 17.6 Å². The number of carbonyl (C=O) groups is 2. The van der Waals surface area contributed by atoms with Gasteiger partial charge in [-0.1, -0.05) is 42.1 Å². The second-order valence-corrected chi connectivity index (χ2v) is 7.38. The minimum absolute atomic E-state index is 0.110. The Morgan fingerprint density at radius 2 is 1.83 bits per heavy atom. The van der Waals surface area contributed by atoms with Crippen molar-refractivity contribution in [3.8, 4) is 11.3 Å². The molecule has 29 heavy (non-hydrogen) atoms. The van der Waals surface area contributed by atoms with Crippen LogP contribution in [0.3, 0.4) is 0 Å². The summed E-state index contributed by atoms with van der Waals surface area (Å²) in [5.41, 5.74) is 7.78. The lowest BCUT2D eigenvalue weighted by molar-refractivity contribution is -0.129. The fourth-order valence-electron chi connectivity index (χ4n) is 2.71. The number of aromatic amines is 1. The van der Waals surface area contributed by atoms with E-state index in [1.165, 1.54) is 23.9 Å². The van der Waals surface area contributed by atoms with E-state index in [4.69, 9.17) is 5.73 Å². The van der Waals surface area contributed by atoms with Crippen LogP contribution in [0.4, 0.5) is 4.39 Å². The van der Waals surface area contributed by atoms with Crippen LogP contribution in [0, 0.1) is 5.82 Å². The van der Waals surface area contributed by atoms with E-state index in [0.29, 0.717) is 11.7 Å². The first-order valence-electron chi connectivity index (χ1n) is 9.05. The third kappa shape index (κ3) is 6.18. The van der Waals surface area contributed by atoms with Gasteiger partial charge in [-0.2, -0.15) is 0 Å². The molecule has 3 rings (SSSR count). The van der Waals surface area contributed by atoms with E-state index in [-0.39, 0.29) is 30.4 Å². The Labute approximate surface area is 172 Å². The number of H-pyrrole nitrogens is 1. The van der Waals surface area contributed by atoms with Crippen molar-refractivity contribution >= 4 is 23.6 Å². The Morgan fingerprint density at radius 3 is 2.52 bits per heavy atom. The van der Waals surface area contributed by atoms with E-state index in [1.807, 2.05) is 30.3 Å². The average molecular weight is 412 g/mol.